The quantitative estimate of drug-likeness (QED) is 0.658. The summed E-state index contributed by atoms with van der Waals surface area (Å²) in [6.45, 7) is 0. The predicted molar refractivity (Wildman–Crippen MR) is 49.3 cm³/mol. The van der Waals surface area contributed by atoms with Gasteiger partial charge in [0.1, 0.15) is 5.82 Å². The van der Waals surface area contributed by atoms with E-state index in [1.54, 1.807) is 5.32 Å². The number of nitrogens with one attached hydrogen (secondary N) is 1. The van der Waals surface area contributed by atoms with E-state index < -0.39 is 46.7 Å². The van der Waals surface area contributed by atoms with Crippen LogP contribution in [0.5, 0.6) is 0 Å². The lowest BCUT2D eigenvalue weighted by Crippen LogP contribution is -2.26. The van der Waals surface area contributed by atoms with E-state index in [9.17, 15) is 31.5 Å². The number of benzene rings is 1. The van der Waals surface area contributed by atoms with Crippen molar-refractivity contribution in [3.63, 3.8) is 0 Å². The molecule has 1 aliphatic heterocycles. The number of anilines is 1. The lowest BCUT2D eigenvalue weighted by atomic mass is 9.98. The topological polar surface area (TPSA) is 46.2 Å². The van der Waals surface area contributed by atoms with Crippen LogP contribution in [-0.4, -0.2) is 18.1 Å². The highest BCUT2D eigenvalue weighted by Crippen LogP contribution is 2.43. The summed E-state index contributed by atoms with van der Waals surface area (Å²) in [5, 5.41) is 1.70. The standard InChI is InChI=1S/C10H4F5NO2/c11-3-1-2-4-6(5(3)7(17)8(12)13)10(14,15)9(18)16-4/h1-2,8H,(H,16,18). The zero-order valence-corrected chi connectivity index (χ0v) is 8.44. The summed E-state index contributed by atoms with van der Waals surface area (Å²) in [5.74, 6) is -9.60. The first-order valence-corrected chi connectivity index (χ1v) is 4.61. The Kier molecular flexibility index (Phi) is 2.60. The number of halogens is 5. The largest absolute Gasteiger partial charge is 0.352 e. The van der Waals surface area contributed by atoms with Gasteiger partial charge in [0.2, 0.25) is 5.78 Å². The van der Waals surface area contributed by atoms with E-state index in [1.807, 2.05) is 0 Å². The highest BCUT2D eigenvalue weighted by molar-refractivity contribution is 6.10. The number of Topliss-reactive ketones (excluding diaryl/α,β-unsaturated/α-hetero) is 1. The van der Waals surface area contributed by atoms with Crippen LogP contribution in [-0.2, 0) is 10.7 Å². The molecule has 18 heavy (non-hydrogen) atoms. The maximum atomic E-state index is 13.4. The second kappa shape index (κ2) is 3.76. The summed E-state index contributed by atoms with van der Waals surface area (Å²) < 4.78 is 64.6. The fourth-order valence-corrected chi connectivity index (χ4v) is 1.67. The molecule has 3 nitrogen and oxygen atoms in total. The first kappa shape index (κ1) is 12.5. The van der Waals surface area contributed by atoms with Gasteiger partial charge < -0.3 is 5.32 Å². The van der Waals surface area contributed by atoms with Crippen LogP contribution in [0.25, 0.3) is 0 Å². The molecular weight excluding hydrogens is 261 g/mol. The van der Waals surface area contributed by atoms with Gasteiger partial charge in [0.05, 0.1) is 16.8 Å². The van der Waals surface area contributed by atoms with E-state index in [0.29, 0.717) is 6.07 Å². The van der Waals surface area contributed by atoms with Crippen molar-refractivity contribution in [3.05, 3.63) is 29.1 Å². The summed E-state index contributed by atoms with van der Waals surface area (Å²) in [6, 6.07) is 1.35. The Hall–Kier alpha value is -1.99. The van der Waals surface area contributed by atoms with Crippen molar-refractivity contribution in [3.8, 4) is 0 Å². The molecule has 0 aliphatic carbocycles. The van der Waals surface area contributed by atoms with Crippen molar-refractivity contribution in [1.29, 1.82) is 0 Å². The summed E-state index contributed by atoms with van der Waals surface area (Å²) in [6.07, 6.45) is -3.64. The molecular formula is C10H4F5NO2. The van der Waals surface area contributed by atoms with E-state index in [4.69, 9.17) is 0 Å². The normalized spacial score (nSPS) is 16.7. The first-order chi connectivity index (χ1) is 8.26. The van der Waals surface area contributed by atoms with Crippen molar-refractivity contribution in [2.24, 2.45) is 0 Å². The van der Waals surface area contributed by atoms with Crippen LogP contribution in [0.1, 0.15) is 15.9 Å². The third kappa shape index (κ3) is 1.56. The van der Waals surface area contributed by atoms with Gasteiger partial charge in [-0.15, -0.1) is 0 Å². The number of hydrogen-bond acceptors (Lipinski definition) is 2. The molecule has 1 aromatic rings. The molecule has 0 atom stereocenters. The van der Waals surface area contributed by atoms with Crippen molar-refractivity contribution in [2.45, 2.75) is 12.3 Å². The SMILES string of the molecule is O=C(c1c(F)ccc2c1C(F)(F)C(=O)N2)C(F)F. The molecule has 1 aliphatic rings. The number of ketones is 1. The molecule has 2 rings (SSSR count). The van der Waals surface area contributed by atoms with E-state index in [2.05, 4.69) is 0 Å². The monoisotopic (exact) mass is 265 g/mol. The van der Waals surface area contributed by atoms with Gasteiger partial charge in [-0.2, -0.15) is 8.78 Å². The maximum Gasteiger partial charge on any atom is 0.352 e. The molecule has 1 aromatic carbocycles. The second-order valence-corrected chi connectivity index (χ2v) is 3.54. The number of carbonyl (C=O) groups excluding carboxylic acids is 2. The minimum Gasteiger partial charge on any atom is -0.320 e. The summed E-state index contributed by atoms with van der Waals surface area (Å²) in [7, 11) is 0. The van der Waals surface area contributed by atoms with Crippen molar-refractivity contribution >= 4 is 17.4 Å². The van der Waals surface area contributed by atoms with Crippen LogP contribution in [0, 0.1) is 5.82 Å². The van der Waals surface area contributed by atoms with Crippen LogP contribution >= 0.6 is 0 Å². The van der Waals surface area contributed by atoms with Crippen LogP contribution in [0.2, 0.25) is 0 Å². The van der Waals surface area contributed by atoms with E-state index in [0.717, 1.165) is 6.07 Å². The third-order valence-electron chi connectivity index (χ3n) is 2.45. The van der Waals surface area contributed by atoms with E-state index in [-0.39, 0.29) is 0 Å². The summed E-state index contributed by atoms with van der Waals surface area (Å²) in [5.41, 5.74) is -3.33. The Morgan fingerprint density at radius 1 is 1.28 bits per heavy atom. The van der Waals surface area contributed by atoms with Gasteiger partial charge in [0.15, 0.2) is 0 Å². The number of rotatable bonds is 2. The Morgan fingerprint density at radius 3 is 2.44 bits per heavy atom. The Labute approximate surface area is 96.6 Å². The molecule has 0 fully saturated rings. The average molecular weight is 265 g/mol. The van der Waals surface area contributed by atoms with Gasteiger partial charge in [-0.05, 0) is 12.1 Å². The average Bonchev–Trinajstić information content (AvgIpc) is 2.50. The number of hydrogen-bond donors (Lipinski definition) is 1. The first-order valence-electron chi connectivity index (χ1n) is 4.61. The molecule has 1 N–H and O–H groups in total. The second-order valence-electron chi connectivity index (χ2n) is 3.54. The predicted octanol–water partition coefficient (Wildman–Crippen LogP) is 2.32. The van der Waals surface area contributed by atoms with Crippen molar-refractivity contribution in [1.82, 2.24) is 0 Å². The molecule has 0 aromatic heterocycles. The van der Waals surface area contributed by atoms with Crippen LogP contribution in [0.4, 0.5) is 27.6 Å². The van der Waals surface area contributed by atoms with E-state index in [1.165, 1.54) is 0 Å². The fraction of sp³-hybridized carbons (Fsp3) is 0.200. The highest BCUT2D eigenvalue weighted by Gasteiger charge is 2.52. The molecule has 0 bridgehead atoms. The molecule has 0 saturated heterocycles. The molecule has 0 spiro atoms. The lowest BCUT2D eigenvalue weighted by Gasteiger charge is -2.12. The number of alkyl halides is 4. The van der Waals surface area contributed by atoms with Crippen LogP contribution in [0.3, 0.4) is 0 Å². The molecule has 8 heteroatoms. The van der Waals surface area contributed by atoms with Gasteiger partial charge in [-0.3, -0.25) is 9.59 Å². The lowest BCUT2D eigenvalue weighted by molar-refractivity contribution is -0.139. The molecule has 1 heterocycles. The Balaban J connectivity index is 2.73. The minimum absolute atomic E-state index is 0.546. The Morgan fingerprint density at radius 2 is 1.89 bits per heavy atom. The molecule has 1 amide bonds. The molecule has 96 valence electrons. The van der Waals surface area contributed by atoms with Crippen LogP contribution in [0.15, 0.2) is 12.1 Å². The smallest absolute Gasteiger partial charge is 0.320 e. The van der Waals surface area contributed by atoms with Gasteiger partial charge >= 0.3 is 12.3 Å². The van der Waals surface area contributed by atoms with Gasteiger partial charge in [0.25, 0.3) is 5.91 Å². The molecule has 0 saturated carbocycles. The van der Waals surface area contributed by atoms with Gasteiger partial charge in [0, 0.05) is 0 Å². The molecule has 0 radical (unpaired) electrons. The Bertz CT molecular complexity index is 555. The fourth-order valence-electron chi connectivity index (χ4n) is 1.67. The maximum absolute atomic E-state index is 13.4. The third-order valence-corrected chi connectivity index (χ3v) is 2.45. The summed E-state index contributed by atoms with van der Waals surface area (Å²) >= 11 is 0. The number of fused-ring (bicyclic) bond motifs is 1. The van der Waals surface area contributed by atoms with Gasteiger partial charge in [-0.25, -0.2) is 13.2 Å². The number of amides is 1. The minimum atomic E-state index is -4.21. The zero-order chi connectivity index (χ0) is 13.7. The number of carbonyl (C=O) groups is 2. The highest BCUT2D eigenvalue weighted by atomic mass is 19.3. The van der Waals surface area contributed by atoms with Crippen molar-refractivity contribution < 1.29 is 31.5 Å². The van der Waals surface area contributed by atoms with Crippen LogP contribution < -0.4 is 5.32 Å². The zero-order valence-electron chi connectivity index (χ0n) is 8.44. The summed E-state index contributed by atoms with van der Waals surface area (Å²) in [4.78, 5) is 22.0. The molecule has 0 unspecified atom stereocenters. The van der Waals surface area contributed by atoms with Crippen molar-refractivity contribution in [2.75, 3.05) is 5.32 Å². The van der Waals surface area contributed by atoms with E-state index >= 15 is 0 Å². The van der Waals surface area contributed by atoms with Gasteiger partial charge in [-0.1, -0.05) is 0 Å².